The monoisotopic (exact) mass is 296 g/mol. The van der Waals surface area contributed by atoms with Crippen molar-refractivity contribution in [1.29, 1.82) is 5.26 Å². The maximum atomic E-state index is 12.6. The minimum atomic E-state index is -3.59. The summed E-state index contributed by atoms with van der Waals surface area (Å²) >= 11 is 0. The molecule has 0 unspecified atom stereocenters. The third-order valence-electron chi connectivity index (χ3n) is 2.98. The first-order chi connectivity index (χ1) is 9.47. The van der Waals surface area contributed by atoms with Crippen molar-refractivity contribution >= 4 is 10.0 Å². The summed E-state index contributed by atoms with van der Waals surface area (Å²) in [5.74, 6) is 0. The smallest absolute Gasteiger partial charge is 0.243 e. The summed E-state index contributed by atoms with van der Waals surface area (Å²) < 4.78 is 31.8. The molecule has 0 radical (unpaired) electrons. The van der Waals surface area contributed by atoms with Crippen LogP contribution in [0.1, 0.15) is 25.0 Å². The van der Waals surface area contributed by atoms with Crippen molar-refractivity contribution in [3.8, 4) is 6.07 Å². The van der Waals surface area contributed by atoms with E-state index < -0.39 is 10.0 Å². The zero-order valence-electron chi connectivity index (χ0n) is 12.1. The van der Waals surface area contributed by atoms with Crippen molar-refractivity contribution < 1.29 is 13.2 Å². The lowest BCUT2D eigenvalue weighted by molar-refractivity contribution is 0.135. The minimum Gasteiger partial charge on any atom is -0.380 e. The van der Waals surface area contributed by atoms with Crippen LogP contribution in [-0.2, 0) is 14.8 Å². The van der Waals surface area contributed by atoms with Crippen LogP contribution < -0.4 is 0 Å². The highest BCUT2D eigenvalue weighted by Crippen LogP contribution is 2.21. The number of nitrogens with zero attached hydrogens (tertiary/aromatic N) is 2. The van der Waals surface area contributed by atoms with Crippen molar-refractivity contribution in [3.05, 3.63) is 29.3 Å². The number of nitriles is 1. The van der Waals surface area contributed by atoms with Crippen LogP contribution in [0.15, 0.2) is 23.1 Å². The average molecular weight is 296 g/mol. The van der Waals surface area contributed by atoms with Crippen molar-refractivity contribution in [3.63, 3.8) is 0 Å². The fraction of sp³-hybridized carbons (Fsp3) is 0.500. The summed E-state index contributed by atoms with van der Waals surface area (Å²) in [6.07, 6.45) is 0. The van der Waals surface area contributed by atoms with Crippen molar-refractivity contribution in [2.24, 2.45) is 0 Å². The van der Waals surface area contributed by atoms with Crippen LogP contribution in [0.2, 0.25) is 0 Å². The second-order valence-electron chi connectivity index (χ2n) is 4.29. The fourth-order valence-corrected chi connectivity index (χ4v) is 3.53. The van der Waals surface area contributed by atoms with E-state index in [4.69, 9.17) is 10.00 Å². The zero-order chi connectivity index (χ0) is 15.2. The first-order valence-corrected chi connectivity index (χ1v) is 8.00. The molecule has 5 nitrogen and oxygen atoms in total. The SMILES string of the molecule is CCOCCN(CC)S(=O)(=O)c1cc(C#N)ccc1C. The minimum absolute atomic E-state index is 0.190. The molecule has 1 aromatic rings. The van der Waals surface area contributed by atoms with Gasteiger partial charge in [0.2, 0.25) is 10.0 Å². The molecular formula is C14H20N2O3S. The molecule has 0 saturated carbocycles. The largest absolute Gasteiger partial charge is 0.380 e. The molecule has 1 rings (SSSR count). The Morgan fingerprint density at radius 3 is 2.60 bits per heavy atom. The van der Waals surface area contributed by atoms with Gasteiger partial charge in [0.25, 0.3) is 0 Å². The van der Waals surface area contributed by atoms with Crippen LogP contribution in [0.25, 0.3) is 0 Å². The molecule has 0 aliphatic carbocycles. The molecule has 0 N–H and O–H groups in total. The van der Waals surface area contributed by atoms with Gasteiger partial charge in [0.15, 0.2) is 0 Å². The fourth-order valence-electron chi connectivity index (χ4n) is 1.85. The first kappa shape index (κ1) is 16.6. The number of rotatable bonds is 7. The molecule has 0 aliphatic heterocycles. The van der Waals surface area contributed by atoms with E-state index in [2.05, 4.69) is 0 Å². The summed E-state index contributed by atoms with van der Waals surface area (Å²) in [5, 5.41) is 8.91. The molecule has 0 spiro atoms. The van der Waals surface area contributed by atoms with E-state index in [1.807, 2.05) is 13.0 Å². The second kappa shape index (κ2) is 7.39. The lowest BCUT2D eigenvalue weighted by Gasteiger charge is -2.21. The molecule has 0 bridgehead atoms. The molecule has 0 atom stereocenters. The normalized spacial score (nSPS) is 11.6. The number of hydrogen-bond acceptors (Lipinski definition) is 4. The molecule has 110 valence electrons. The lowest BCUT2D eigenvalue weighted by atomic mass is 10.2. The topological polar surface area (TPSA) is 70.4 Å². The number of ether oxygens (including phenoxy) is 1. The van der Waals surface area contributed by atoms with Gasteiger partial charge in [-0.3, -0.25) is 0 Å². The molecule has 6 heteroatoms. The van der Waals surface area contributed by atoms with Crippen LogP contribution in [0, 0.1) is 18.3 Å². The maximum absolute atomic E-state index is 12.6. The second-order valence-corrected chi connectivity index (χ2v) is 6.19. The van der Waals surface area contributed by atoms with Gasteiger partial charge >= 0.3 is 0 Å². The summed E-state index contributed by atoms with van der Waals surface area (Å²) in [6.45, 7) is 6.97. The highest BCUT2D eigenvalue weighted by atomic mass is 32.2. The van der Waals surface area contributed by atoms with Crippen molar-refractivity contribution in [2.45, 2.75) is 25.7 Å². The Hall–Kier alpha value is -1.42. The third kappa shape index (κ3) is 3.79. The summed E-state index contributed by atoms with van der Waals surface area (Å²) in [6, 6.07) is 6.66. The first-order valence-electron chi connectivity index (χ1n) is 6.56. The van der Waals surface area contributed by atoms with Gasteiger partial charge in [-0.2, -0.15) is 9.57 Å². The Morgan fingerprint density at radius 2 is 2.05 bits per heavy atom. The molecule has 0 aliphatic rings. The molecule has 20 heavy (non-hydrogen) atoms. The van der Waals surface area contributed by atoms with Gasteiger partial charge in [-0.25, -0.2) is 8.42 Å². The predicted octanol–water partition coefficient (Wildman–Crippen LogP) is 1.91. The van der Waals surface area contributed by atoms with E-state index in [-0.39, 0.29) is 4.90 Å². The molecule has 1 aromatic carbocycles. The van der Waals surface area contributed by atoms with E-state index >= 15 is 0 Å². The van der Waals surface area contributed by atoms with Gasteiger partial charge < -0.3 is 4.74 Å². The van der Waals surface area contributed by atoms with Crippen LogP contribution in [0.3, 0.4) is 0 Å². The number of sulfonamides is 1. The van der Waals surface area contributed by atoms with Gasteiger partial charge in [0, 0.05) is 19.7 Å². The zero-order valence-corrected chi connectivity index (χ0v) is 12.9. The number of aryl methyl sites for hydroxylation is 1. The van der Waals surface area contributed by atoms with E-state index in [0.29, 0.717) is 37.4 Å². The number of hydrogen-bond donors (Lipinski definition) is 0. The van der Waals surface area contributed by atoms with Crippen molar-refractivity contribution in [2.75, 3.05) is 26.3 Å². The Morgan fingerprint density at radius 1 is 1.35 bits per heavy atom. The van der Waals surface area contributed by atoms with Crippen molar-refractivity contribution in [1.82, 2.24) is 4.31 Å². The van der Waals surface area contributed by atoms with Crippen LogP contribution >= 0.6 is 0 Å². The highest BCUT2D eigenvalue weighted by molar-refractivity contribution is 7.89. The quantitative estimate of drug-likeness (QED) is 0.721. The van der Waals surface area contributed by atoms with Crippen LogP contribution in [0.4, 0.5) is 0 Å². The van der Waals surface area contributed by atoms with Crippen LogP contribution in [-0.4, -0.2) is 39.0 Å². The van der Waals surface area contributed by atoms with E-state index in [1.165, 1.54) is 10.4 Å². The van der Waals surface area contributed by atoms with Gasteiger partial charge in [0.1, 0.15) is 0 Å². The summed E-state index contributed by atoms with van der Waals surface area (Å²) in [7, 11) is -3.59. The molecule has 0 fully saturated rings. The van der Waals surface area contributed by atoms with Gasteiger partial charge in [-0.15, -0.1) is 0 Å². The Kier molecular flexibility index (Phi) is 6.14. The lowest BCUT2D eigenvalue weighted by Crippen LogP contribution is -2.34. The number of likely N-dealkylation sites (N-methyl/N-ethyl adjacent to an activating group) is 1. The van der Waals surface area contributed by atoms with Gasteiger partial charge in [-0.1, -0.05) is 13.0 Å². The summed E-state index contributed by atoms with van der Waals surface area (Å²) in [5.41, 5.74) is 0.980. The van der Waals surface area contributed by atoms with Crippen LogP contribution in [0.5, 0.6) is 0 Å². The summed E-state index contributed by atoms with van der Waals surface area (Å²) in [4.78, 5) is 0.190. The maximum Gasteiger partial charge on any atom is 0.243 e. The number of benzene rings is 1. The standard InChI is InChI=1S/C14H20N2O3S/c1-4-16(8-9-19-5-2)20(17,18)14-10-13(11-15)7-6-12(14)3/h6-7,10H,4-5,8-9H2,1-3H3. The Labute approximate surface area is 120 Å². The predicted molar refractivity (Wildman–Crippen MR) is 76.8 cm³/mol. The van der Waals surface area contributed by atoms with E-state index in [9.17, 15) is 8.42 Å². The van der Waals surface area contributed by atoms with Gasteiger partial charge in [-0.05, 0) is 31.5 Å². The molecule has 0 heterocycles. The Bertz CT molecular complexity index is 591. The Balaban J connectivity index is 3.11. The molecule has 0 saturated heterocycles. The van der Waals surface area contributed by atoms with Gasteiger partial charge in [0.05, 0.1) is 23.1 Å². The van der Waals surface area contributed by atoms with E-state index in [0.717, 1.165) is 0 Å². The molecule has 0 amide bonds. The molecule has 0 aromatic heterocycles. The van der Waals surface area contributed by atoms with E-state index in [1.54, 1.807) is 26.0 Å². The molecular weight excluding hydrogens is 276 g/mol. The third-order valence-corrected chi connectivity index (χ3v) is 5.09. The average Bonchev–Trinajstić information content (AvgIpc) is 2.43. The highest BCUT2D eigenvalue weighted by Gasteiger charge is 2.24.